The van der Waals surface area contributed by atoms with Crippen LogP contribution in [0.3, 0.4) is 0 Å². The lowest BCUT2D eigenvalue weighted by atomic mass is 10.0. The Morgan fingerprint density at radius 1 is 1.00 bits per heavy atom. The molecule has 0 aliphatic heterocycles. The second kappa shape index (κ2) is 11.0. The molecule has 0 aliphatic rings. The monoisotopic (exact) mass is 411 g/mol. The predicted molar refractivity (Wildman–Crippen MR) is 116 cm³/mol. The van der Waals surface area contributed by atoms with Crippen molar-refractivity contribution in [2.24, 2.45) is 11.7 Å². The Hall–Kier alpha value is -3.35. The minimum atomic E-state index is -0.985. The number of rotatable bonds is 10. The van der Waals surface area contributed by atoms with Crippen LogP contribution in [0.1, 0.15) is 25.8 Å². The zero-order chi connectivity index (χ0) is 22.1. The van der Waals surface area contributed by atoms with Crippen LogP contribution in [-0.2, 0) is 16.0 Å². The zero-order valence-corrected chi connectivity index (χ0v) is 17.4. The number of hydrogen-bond donors (Lipinski definition) is 3. The Morgan fingerprint density at radius 3 is 2.13 bits per heavy atom. The molecule has 2 aromatic rings. The third-order valence-electron chi connectivity index (χ3n) is 4.61. The maximum absolute atomic E-state index is 12.6. The second-order valence-corrected chi connectivity index (χ2v) is 7.66. The van der Waals surface area contributed by atoms with Gasteiger partial charge in [-0.2, -0.15) is 0 Å². The molecule has 1 atom stereocenters. The van der Waals surface area contributed by atoms with E-state index in [1.165, 1.54) is 4.90 Å². The molecule has 0 heterocycles. The lowest BCUT2D eigenvalue weighted by molar-refractivity contribution is -0.137. The van der Waals surface area contributed by atoms with Gasteiger partial charge in [-0.3, -0.25) is 9.59 Å². The van der Waals surface area contributed by atoms with Crippen LogP contribution in [0.2, 0.25) is 0 Å². The van der Waals surface area contributed by atoms with Crippen molar-refractivity contribution in [1.82, 2.24) is 10.2 Å². The average Bonchev–Trinajstić information content (AvgIpc) is 2.71. The Kier molecular flexibility index (Phi) is 8.41. The number of carbonyl (C=O) groups excluding carboxylic acids is 2. The number of amides is 3. The predicted octanol–water partition coefficient (Wildman–Crippen LogP) is 2.89. The number of hydrogen-bond acceptors (Lipinski definition) is 3. The van der Waals surface area contributed by atoms with E-state index in [4.69, 9.17) is 10.8 Å². The van der Waals surface area contributed by atoms with Gasteiger partial charge in [-0.25, -0.2) is 4.79 Å². The Balaban J connectivity index is 2.06. The number of nitrogens with one attached hydrogen (secondary N) is 1. The summed E-state index contributed by atoms with van der Waals surface area (Å²) in [6.45, 7) is 4.31. The number of aliphatic carboxylic acids is 1. The van der Waals surface area contributed by atoms with E-state index in [0.29, 0.717) is 6.54 Å². The van der Waals surface area contributed by atoms with E-state index in [0.717, 1.165) is 16.7 Å². The molecule has 160 valence electrons. The first-order valence-electron chi connectivity index (χ1n) is 9.97. The van der Waals surface area contributed by atoms with Gasteiger partial charge in [0, 0.05) is 19.5 Å². The molecule has 0 aliphatic carbocycles. The van der Waals surface area contributed by atoms with E-state index in [2.05, 4.69) is 5.32 Å². The van der Waals surface area contributed by atoms with E-state index < -0.39 is 23.9 Å². The first-order valence-corrected chi connectivity index (χ1v) is 9.97. The highest BCUT2D eigenvalue weighted by molar-refractivity contribution is 5.86. The van der Waals surface area contributed by atoms with E-state index in [9.17, 15) is 14.4 Å². The standard InChI is InChI=1S/C23H29N3O4/c1-16(2)15-26(13-12-21(27)28)23(30)25-20(22(24)29)14-17-8-10-19(11-9-17)18-6-4-3-5-7-18/h3-11,16,20H,12-15H2,1-2H3,(H2,24,29)(H,25,30)(H,27,28)/t20-/m0/s1. The van der Waals surface area contributed by atoms with Gasteiger partial charge in [0.05, 0.1) is 6.42 Å². The SMILES string of the molecule is CC(C)CN(CCC(=O)O)C(=O)N[C@@H](Cc1ccc(-c2ccccc2)cc1)C(N)=O. The summed E-state index contributed by atoms with van der Waals surface area (Å²) in [6.07, 6.45) is 0.0902. The van der Waals surface area contributed by atoms with E-state index in [-0.39, 0.29) is 25.3 Å². The molecule has 0 radical (unpaired) electrons. The van der Waals surface area contributed by atoms with Gasteiger partial charge in [-0.05, 0) is 22.6 Å². The summed E-state index contributed by atoms with van der Waals surface area (Å²) in [7, 11) is 0. The molecule has 2 aromatic carbocycles. The van der Waals surface area contributed by atoms with Gasteiger partial charge in [-0.15, -0.1) is 0 Å². The minimum Gasteiger partial charge on any atom is -0.481 e. The normalized spacial score (nSPS) is 11.7. The molecule has 0 aromatic heterocycles. The van der Waals surface area contributed by atoms with E-state index >= 15 is 0 Å². The second-order valence-electron chi connectivity index (χ2n) is 7.66. The van der Waals surface area contributed by atoms with Crippen molar-refractivity contribution >= 4 is 17.9 Å². The van der Waals surface area contributed by atoms with Crippen molar-refractivity contribution in [3.05, 3.63) is 60.2 Å². The molecule has 0 saturated carbocycles. The van der Waals surface area contributed by atoms with Gasteiger partial charge in [0.1, 0.15) is 6.04 Å². The first-order chi connectivity index (χ1) is 14.3. The van der Waals surface area contributed by atoms with Gasteiger partial charge in [-0.1, -0.05) is 68.4 Å². The zero-order valence-electron chi connectivity index (χ0n) is 17.4. The number of nitrogens with two attached hydrogens (primary N) is 1. The van der Waals surface area contributed by atoms with Crippen LogP contribution in [0.25, 0.3) is 11.1 Å². The molecule has 0 fully saturated rings. The molecule has 4 N–H and O–H groups in total. The first kappa shape index (κ1) is 22.9. The molecular weight excluding hydrogens is 382 g/mol. The van der Waals surface area contributed by atoms with Crippen LogP contribution in [0.5, 0.6) is 0 Å². The van der Waals surface area contributed by atoms with Crippen LogP contribution in [0, 0.1) is 5.92 Å². The molecule has 0 bridgehead atoms. The lowest BCUT2D eigenvalue weighted by Gasteiger charge is -2.26. The smallest absolute Gasteiger partial charge is 0.318 e. The minimum absolute atomic E-state index is 0.0661. The summed E-state index contributed by atoms with van der Waals surface area (Å²) in [5, 5.41) is 11.6. The Labute approximate surface area is 176 Å². The van der Waals surface area contributed by atoms with E-state index in [1.54, 1.807) is 0 Å². The van der Waals surface area contributed by atoms with Gasteiger partial charge >= 0.3 is 12.0 Å². The molecule has 3 amide bonds. The Bertz CT molecular complexity index is 851. The lowest BCUT2D eigenvalue weighted by Crippen LogP contribution is -2.52. The van der Waals surface area contributed by atoms with Crippen LogP contribution in [0.15, 0.2) is 54.6 Å². The summed E-state index contributed by atoms with van der Waals surface area (Å²) in [5.41, 5.74) is 8.51. The van der Waals surface area contributed by atoms with Gasteiger partial charge in [0.15, 0.2) is 0 Å². The fourth-order valence-electron chi connectivity index (χ4n) is 3.11. The number of urea groups is 1. The highest BCUT2D eigenvalue weighted by atomic mass is 16.4. The Morgan fingerprint density at radius 2 is 1.60 bits per heavy atom. The fraction of sp³-hybridized carbons (Fsp3) is 0.348. The van der Waals surface area contributed by atoms with E-state index in [1.807, 2.05) is 68.4 Å². The molecule has 0 saturated heterocycles. The number of carbonyl (C=O) groups is 3. The summed E-state index contributed by atoms with van der Waals surface area (Å²) in [4.78, 5) is 36.9. The molecule has 0 unspecified atom stereocenters. The third kappa shape index (κ3) is 7.24. The summed E-state index contributed by atoms with van der Waals surface area (Å²) in [6, 6.07) is 16.3. The van der Waals surface area contributed by atoms with Crippen molar-refractivity contribution in [2.75, 3.05) is 13.1 Å². The molecule has 7 nitrogen and oxygen atoms in total. The van der Waals surface area contributed by atoms with Crippen molar-refractivity contribution < 1.29 is 19.5 Å². The number of nitrogens with zero attached hydrogens (tertiary/aromatic N) is 1. The van der Waals surface area contributed by atoms with Gasteiger partial charge in [0.2, 0.25) is 5.91 Å². The summed E-state index contributed by atoms with van der Waals surface area (Å²) < 4.78 is 0. The van der Waals surface area contributed by atoms with Crippen LogP contribution >= 0.6 is 0 Å². The van der Waals surface area contributed by atoms with Gasteiger partial charge in [0.25, 0.3) is 0 Å². The fourth-order valence-corrected chi connectivity index (χ4v) is 3.11. The van der Waals surface area contributed by atoms with Crippen molar-refractivity contribution in [3.63, 3.8) is 0 Å². The number of carboxylic acid groups (broad SMARTS) is 1. The molecule has 30 heavy (non-hydrogen) atoms. The van der Waals surface area contributed by atoms with Crippen LogP contribution < -0.4 is 11.1 Å². The largest absolute Gasteiger partial charge is 0.481 e. The molecular formula is C23H29N3O4. The average molecular weight is 412 g/mol. The summed E-state index contributed by atoms with van der Waals surface area (Å²) in [5.74, 6) is -1.47. The van der Waals surface area contributed by atoms with Gasteiger partial charge < -0.3 is 21.1 Å². The molecule has 7 heteroatoms. The topological polar surface area (TPSA) is 113 Å². The molecule has 0 spiro atoms. The van der Waals surface area contributed by atoms with Crippen LogP contribution in [-0.4, -0.2) is 47.0 Å². The summed E-state index contributed by atoms with van der Waals surface area (Å²) >= 11 is 0. The number of carboxylic acids is 1. The molecule has 2 rings (SSSR count). The van der Waals surface area contributed by atoms with Crippen molar-refractivity contribution in [3.8, 4) is 11.1 Å². The highest BCUT2D eigenvalue weighted by Crippen LogP contribution is 2.19. The maximum atomic E-state index is 12.6. The van der Waals surface area contributed by atoms with Crippen molar-refractivity contribution in [2.45, 2.75) is 32.7 Å². The number of primary amides is 1. The van der Waals surface area contributed by atoms with Crippen LogP contribution in [0.4, 0.5) is 4.79 Å². The number of benzene rings is 2. The van der Waals surface area contributed by atoms with Crippen molar-refractivity contribution in [1.29, 1.82) is 0 Å². The maximum Gasteiger partial charge on any atom is 0.318 e. The third-order valence-corrected chi connectivity index (χ3v) is 4.61. The quantitative estimate of drug-likeness (QED) is 0.558. The highest BCUT2D eigenvalue weighted by Gasteiger charge is 2.23.